The fourth-order valence-corrected chi connectivity index (χ4v) is 2.98. The highest BCUT2D eigenvalue weighted by Crippen LogP contribution is 2.16. The zero-order chi connectivity index (χ0) is 22.6. The molecule has 7 nitrogen and oxygen atoms in total. The Morgan fingerprint density at radius 2 is 1.13 bits per heavy atom. The van der Waals surface area contributed by atoms with Gasteiger partial charge in [0, 0.05) is 25.7 Å². The summed E-state index contributed by atoms with van der Waals surface area (Å²) in [5.74, 6) is -1.05. The van der Waals surface area contributed by atoms with Gasteiger partial charge in [0.25, 0.3) is 0 Å². The van der Waals surface area contributed by atoms with Crippen LogP contribution in [0.3, 0.4) is 0 Å². The first-order chi connectivity index (χ1) is 14.4. The Balaban J connectivity index is 0.000000890. The van der Waals surface area contributed by atoms with Crippen LogP contribution in [0.4, 0.5) is 0 Å². The summed E-state index contributed by atoms with van der Waals surface area (Å²) >= 11 is 0. The first-order valence-electron chi connectivity index (χ1n) is 11.6. The Hall–Kier alpha value is -1.63. The SMILES string of the molecule is CCCCCC(=O)O.CCCCCC(=O)O[C@@H]1COC[C@H](OC(=O)CCCCC)C1. The number of esters is 2. The van der Waals surface area contributed by atoms with Gasteiger partial charge in [0.2, 0.25) is 0 Å². The van der Waals surface area contributed by atoms with Crippen LogP contribution in [0, 0.1) is 0 Å². The number of carboxylic acids is 1. The lowest BCUT2D eigenvalue weighted by atomic mass is 10.1. The monoisotopic (exact) mass is 430 g/mol. The maximum absolute atomic E-state index is 11.7. The molecule has 1 heterocycles. The van der Waals surface area contributed by atoms with Crippen molar-refractivity contribution in [1.29, 1.82) is 0 Å². The number of unbranched alkanes of at least 4 members (excludes halogenated alkanes) is 6. The third-order valence-corrected chi connectivity index (χ3v) is 4.69. The van der Waals surface area contributed by atoms with E-state index in [1.165, 1.54) is 0 Å². The predicted octanol–water partition coefficient (Wildman–Crippen LogP) is 5.04. The Morgan fingerprint density at radius 3 is 1.50 bits per heavy atom. The van der Waals surface area contributed by atoms with Crippen LogP contribution in [0.5, 0.6) is 0 Å². The lowest BCUT2D eigenvalue weighted by molar-refractivity contribution is -0.171. The predicted molar refractivity (Wildman–Crippen MR) is 115 cm³/mol. The molecule has 0 aromatic heterocycles. The third-order valence-electron chi connectivity index (χ3n) is 4.69. The summed E-state index contributed by atoms with van der Waals surface area (Å²) in [6.07, 6.45) is 10.1. The minimum Gasteiger partial charge on any atom is -0.481 e. The summed E-state index contributed by atoms with van der Waals surface area (Å²) in [7, 11) is 0. The number of hydrogen-bond donors (Lipinski definition) is 1. The Labute approximate surface area is 181 Å². The van der Waals surface area contributed by atoms with Gasteiger partial charge in [-0.25, -0.2) is 0 Å². The van der Waals surface area contributed by atoms with Gasteiger partial charge in [-0.15, -0.1) is 0 Å². The van der Waals surface area contributed by atoms with Crippen LogP contribution < -0.4 is 0 Å². The molecule has 176 valence electrons. The zero-order valence-electron chi connectivity index (χ0n) is 19.2. The van der Waals surface area contributed by atoms with Crippen LogP contribution in [-0.2, 0) is 28.6 Å². The van der Waals surface area contributed by atoms with E-state index in [4.69, 9.17) is 19.3 Å². The number of rotatable bonds is 14. The van der Waals surface area contributed by atoms with Gasteiger partial charge in [0.15, 0.2) is 0 Å². The van der Waals surface area contributed by atoms with Gasteiger partial charge >= 0.3 is 17.9 Å². The van der Waals surface area contributed by atoms with E-state index in [0.717, 1.165) is 57.8 Å². The molecule has 0 radical (unpaired) electrons. The van der Waals surface area contributed by atoms with E-state index in [-0.39, 0.29) is 24.1 Å². The van der Waals surface area contributed by atoms with E-state index in [2.05, 4.69) is 20.8 Å². The molecule has 0 aromatic rings. The molecule has 2 atom stereocenters. The second-order valence-corrected chi connectivity index (χ2v) is 7.76. The first-order valence-corrected chi connectivity index (χ1v) is 11.6. The molecule has 30 heavy (non-hydrogen) atoms. The van der Waals surface area contributed by atoms with Crippen LogP contribution in [0.25, 0.3) is 0 Å². The fourth-order valence-electron chi connectivity index (χ4n) is 2.98. The van der Waals surface area contributed by atoms with Gasteiger partial charge in [0.05, 0.1) is 13.2 Å². The van der Waals surface area contributed by atoms with Crippen LogP contribution >= 0.6 is 0 Å². The number of carbonyl (C=O) groups excluding carboxylic acids is 2. The highest BCUT2D eigenvalue weighted by Gasteiger charge is 2.27. The van der Waals surface area contributed by atoms with Crippen molar-refractivity contribution in [2.24, 2.45) is 0 Å². The molecule has 1 saturated heterocycles. The van der Waals surface area contributed by atoms with Gasteiger partial charge in [-0.05, 0) is 19.3 Å². The molecule has 1 fully saturated rings. The maximum atomic E-state index is 11.7. The molecular formula is C23H42O7. The second-order valence-electron chi connectivity index (χ2n) is 7.76. The minimum atomic E-state index is -0.682. The maximum Gasteiger partial charge on any atom is 0.306 e. The molecule has 0 aromatic carbocycles. The van der Waals surface area contributed by atoms with Crippen molar-refractivity contribution in [2.45, 2.75) is 116 Å². The van der Waals surface area contributed by atoms with Gasteiger partial charge < -0.3 is 19.3 Å². The summed E-state index contributed by atoms with van der Waals surface area (Å²) in [6.45, 7) is 7.04. The smallest absolute Gasteiger partial charge is 0.306 e. The lowest BCUT2D eigenvalue weighted by Gasteiger charge is -2.28. The summed E-state index contributed by atoms with van der Waals surface area (Å²) in [5, 5.41) is 8.14. The standard InChI is InChI=1S/C17H30O5.C6H12O2/c1-3-5-7-9-16(18)21-14-11-15(13-20-12-14)22-17(19)10-8-6-4-2;1-2-3-4-5-6(7)8/h14-15H,3-13H2,1-2H3;2-5H2,1H3,(H,7,8)/t14-,15+;. The molecule has 0 spiro atoms. The second kappa shape index (κ2) is 19.3. The Morgan fingerprint density at radius 1 is 0.733 bits per heavy atom. The van der Waals surface area contributed by atoms with Gasteiger partial charge in [-0.1, -0.05) is 59.3 Å². The summed E-state index contributed by atoms with van der Waals surface area (Å²) in [5.41, 5.74) is 0. The van der Waals surface area contributed by atoms with Gasteiger partial charge in [-0.3, -0.25) is 14.4 Å². The van der Waals surface area contributed by atoms with E-state index < -0.39 is 5.97 Å². The normalized spacial score (nSPS) is 18.1. The summed E-state index contributed by atoms with van der Waals surface area (Å²) in [4.78, 5) is 33.3. The largest absolute Gasteiger partial charge is 0.481 e. The molecule has 7 heteroatoms. The average molecular weight is 431 g/mol. The summed E-state index contributed by atoms with van der Waals surface area (Å²) in [6, 6.07) is 0. The van der Waals surface area contributed by atoms with Crippen molar-refractivity contribution >= 4 is 17.9 Å². The number of ether oxygens (including phenoxy) is 3. The van der Waals surface area contributed by atoms with E-state index >= 15 is 0 Å². The van der Waals surface area contributed by atoms with Crippen LogP contribution in [0.1, 0.15) is 104 Å². The first kappa shape index (κ1) is 28.4. The van der Waals surface area contributed by atoms with Gasteiger partial charge in [-0.2, -0.15) is 0 Å². The van der Waals surface area contributed by atoms with Crippen molar-refractivity contribution in [3.05, 3.63) is 0 Å². The van der Waals surface area contributed by atoms with Crippen molar-refractivity contribution < 1.29 is 33.7 Å². The lowest BCUT2D eigenvalue weighted by Crippen LogP contribution is -2.38. The van der Waals surface area contributed by atoms with E-state index in [1.807, 2.05) is 0 Å². The number of carboxylic acid groups (broad SMARTS) is 1. The quantitative estimate of drug-likeness (QED) is 0.304. The topological polar surface area (TPSA) is 99.1 Å². The van der Waals surface area contributed by atoms with Crippen molar-refractivity contribution in [3.63, 3.8) is 0 Å². The third kappa shape index (κ3) is 17.2. The fraction of sp³-hybridized carbons (Fsp3) is 0.870. The minimum absolute atomic E-state index is 0.183. The van der Waals surface area contributed by atoms with Crippen LogP contribution in [0.2, 0.25) is 0 Å². The van der Waals surface area contributed by atoms with Crippen LogP contribution in [-0.4, -0.2) is 48.4 Å². The average Bonchev–Trinajstić information content (AvgIpc) is 2.69. The van der Waals surface area contributed by atoms with E-state index in [1.54, 1.807) is 0 Å². The molecule has 0 saturated carbocycles. The van der Waals surface area contributed by atoms with Crippen molar-refractivity contribution in [3.8, 4) is 0 Å². The van der Waals surface area contributed by atoms with Crippen molar-refractivity contribution in [2.75, 3.05) is 13.2 Å². The number of hydrogen-bond acceptors (Lipinski definition) is 6. The van der Waals surface area contributed by atoms with Gasteiger partial charge in [0.1, 0.15) is 12.2 Å². The Bertz CT molecular complexity index is 434. The molecule has 0 bridgehead atoms. The van der Waals surface area contributed by atoms with E-state index in [0.29, 0.717) is 38.9 Å². The van der Waals surface area contributed by atoms with Crippen LogP contribution in [0.15, 0.2) is 0 Å². The molecule has 0 amide bonds. The molecule has 1 aliphatic rings. The molecule has 1 rings (SSSR count). The molecule has 0 unspecified atom stereocenters. The molecular weight excluding hydrogens is 388 g/mol. The summed E-state index contributed by atoms with van der Waals surface area (Å²) < 4.78 is 16.2. The number of carbonyl (C=O) groups is 3. The highest BCUT2D eigenvalue weighted by atomic mass is 16.6. The van der Waals surface area contributed by atoms with Crippen molar-refractivity contribution in [1.82, 2.24) is 0 Å². The molecule has 0 aliphatic carbocycles. The Kier molecular flexibility index (Phi) is 18.3. The molecule has 1 aliphatic heterocycles. The number of aliphatic carboxylic acids is 1. The zero-order valence-corrected chi connectivity index (χ0v) is 19.2. The highest BCUT2D eigenvalue weighted by molar-refractivity contribution is 5.70. The molecule has 1 N–H and O–H groups in total. The van der Waals surface area contributed by atoms with E-state index in [9.17, 15) is 14.4 Å².